The van der Waals surface area contributed by atoms with Gasteiger partial charge >= 0.3 is 5.97 Å². The number of ether oxygens (including phenoxy) is 1. The van der Waals surface area contributed by atoms with E-state index in [1.807, 2.05) is 0 Å². The lowest BCUT2D eigenvalue weighted by Gasteiger charge is -2.13. The highest BCUT2D eigenvalue weighted by atomic mass is 16.5. The number of carbonyl (C=O) groups is 2. The van der Waals surface area contributed by atoms with E-state index in [4.69, 9.17) is 14.9 Å². The molecule has 0 fully saturated rings. The minimum atomic E-state index is -1.33. The SMILES string of the molecule is CCOc1ccccc1C(=O)N[C@H](CO)C(=O)O. The summed E-state index contributed by atoms with van der Waals surface area (Å²) in [5, 5.41) is 19.8. The minimum Gasteiger partial charge on any atom is -0.493 e. The summed E-state index contributed by atoms with van der Waals surface area (Å²) >= 11 is 0. The highest BCUT2D eigenvalue weighted by molar-refractivity contribution is 5.98. The molecule has 6 nitrogen and oxygen atoms in total. The Hall–Kier alpha value is -2.08. The first kappa shape index (κ1) is 14.0. The van der Waals surface area contributed by atoms with E-state index in [0.717, 1.165) is 0 Å². The Labute approximate surface area is 104 Å². The molecule has 0 aliphatic rings. The molecule has 0 heterocycles. The topological polar surface area (TPSA) is 95.9 Å². The number of aliphatic carboxylic acids is 1. The molecule has 0 bridgehead atoms. The molecule has 0 unspecified atom stereocenters. The molecule has 0 aliphatic heterocycles. The standard InChI is InChI=1S/C12H15NO5/c1-2-18-10-6-4-3-5-8(10)11(15)13-9(7-14)12(16)17/h3-6,9,14H,2,7H2,1H3,(H,13,15)(H,16,17)/t9-/m1/s1. The zero-order valence-electron chi connectivity index (χ0n) is 9.92. The van der Waals surface area contributed by atoms with Crippen LogP contribution in [-0.2, 0) is 4.79 Å². The number of hydrogen-bond acceptors (Lipinski definition) is 4. The quantitative estimate of drug-likeness (QED) is 0.676. The number of aliphatic hydroxyl groups excluding tert-OH is 1. The van der Waals surface area contributed by atoms with Gasteiger partial charge < -0.3 is 20.3 Å². The molecule has 3 N–H and O–H groups in total. The minimum absolute atomic E-state index is 0.235. The average Bonchev–Trinajstić information content (AvgIpc) is 2.36. The van der Waals surface area contributed by atoms with Gasteiger partial charge in [0.2, 0.25) is 0 Å². The average molecular weight is 253 g/mol. The van der Waals surface area contributed by atoms with Crippen molar-refractivity contribution in [2.75, 3.05) is 13.2 Å². The van der Waals surface area contributed by atoms with E-state index < -0.39 is 24.5 Å². The number of amides is 1. The van der Waals surface area contributed by atoms with Gasteiger partial charge in [-0.15, -0.1) is 0 Å². The number of para-hydroxylation sites is 1. The first-order valence-electron chi connectivity index (χ1n) is 5.46. The van der Waals surface area contributed by atoms with Crippen LogP contribution in [0.25, 0.3) is 0 Å². The number of carboxylic acids is 1. The molecule has 1 aromatic carbocycles. The molecular formula is C12H15NO5. The Morgan fingerprint density at radius 1 is 1.39 bits per heavy atom. The fourth-order valence-corrected chi connectivity index (χ4v) is 1.36. The maximum Gasteiger partial charge on any atom is 0.328 e. The van der Waals surface area contributed by atoms with E-state index in [1.165, 1.54) is 6.07 Å². The number of benzene rings is 1. The number of aliphatic hydroxyl groups is 1. The third-order valence-corrected chi connectivity index (χ3v) is 2.22. The summed E-state index contributed by atoms with van der Waals surface area (Å²) in [6.45, 7) is 1.51. The number of rotatable bonds is 6. The van der Waals surface area contributed by atoms with Crippen molar-refractivity contribution in [3.8, 4) is 5.75 Å². The zero-order valence-corrected chi connectivity index (χ0v) is 9.92. The van der Waals surface area contributed by atoms with Crippen LogP contribution in [0, 0.1) is 0 Å². The molecule has 0 spiro atoms. The highest BCUT2D eigenvalue weighted by Gasteiger charge is 2.21. The molecule has 1 atom stereocenters. The number of carboxylic acid groups (broad SMARTS) is 1. The lowest BCUT2D eigenvalue weighted by Crippen LogP contribution is -2.43. The van der Waals surface area contributed by atoms with Crippen LogP contribution >= 0.6 is 0 Å². The third kappa shape index (κ3) is 3.46. The third-order valence-electron chi connectivity index (χ3n) is 2.22. The van der Waals surface area contributed by atoms with Crippen LogP contribution in [0.1, 0.15) is 17.3 Å². The van der Waals surface area contributed by atoms with E-state index in [9.17, 15) is 9.59 Å². The Kier molecular flexibility index (Phi) is 5.13. The van der Waals surface area contributed by atoms with Crippen LogP contribution in [0.4, 0.5) is 0 Å². The van der Waals surface area contributed by atoms with Crippen LogP contribution < -0.4 is 10.1 Å². The van der Waals surface area contributed by atoms with Gasteiger partial charge in [-0.3, -0.25) is 4.79 Å². The Balaban J connectivity index is 2.86. The molecule has 0 saturated carbocycles. The predicted molar refractivity (Wildman–Crippen MR) is 63.6 cm³/mol. The fourth-order valence-electron chi connectivity index (χ4n) is 1.36. The second kappa shape index (κ2) is 6.61. The number of nitrogens with one attached hydrogen (secondary N) is 1. The number of hydrogen-bond donors (Lipinski definition) is 3. The van der Waals surface area contributed by atoms with Gasteiger partial charge in [-0.2, -0.15) is 0 Å². The van der Waals surface area contributed by atoms with Gasteiger partial charge in [-0.25, -0.2) is 4.79 Å². The van der Waals surface area contributed by atoms with Crippen molar-refractivity contribution in [1.82, 2.24) is 5.32 Å². The van der Waals surface area contributed by atoms with Crippen LogP contribution in [0.15, 0.2) is 24.3 Å². The Morgan fingerprint density at radius 3 is 2.61 bits per heavy atom. The van der Waals surface area contributed by atoms with Gasteiger partial charge in [0.25, 0.3) is 5.91 Å². The van der Waals surface area contributed by atoms with Crippen molar-refractivity contribution in [3.63, 3.8) is 0 Å². The molecule has 1 amide bonds. The molecule has 98 valence electrons. The summed E-state index contributed by atoms with van der Waals surface area (Å²) in [5.74, 6) is -1.51. The van der Waals surface area contributed by atoms with Crippen molar-refractivity contribution < 1.29 is 24.5 Å². The smallest absolute Gasteiger partial charge is 0.328 e. The highest BCUT2D eigenvalue weighted by Crippen LogP contribution is 2.17. The summed E-state index contributed by atoms with van der Waals surface area (Å²) in [6, 6.07) is 5.17. The molecule has 0 radical (unpaired) electrons. The van der Waals surface area contributed by atoms with E-state index >= 15 is 0 Å². The van der Waals surface area contributed by atoms with Gasteiger partial charge in [0.15, 0.2) is 6.04 Å². The molecular weight excluding hydrogens is 238 g/mol. The second-order valence-electron chi connectivity index (χ2n) is 3.48. The van der Waals surface area contributed by atoms with Crippen molar-refractivity contribution in [2.24, 2.45) is 0 Å². The first-order valence-corrected chi connectivity index (χ1v) is 5.46. The van der Waals surface area contributed by atoms with Crippen molar-refractivity contribution >= 4 is 11.9 Å². The molecule has 6 heteroatoms. The van der Waals surface area contributed by atoms with E-state index in [0.29, 0.717) is 12.4 Å². The lowest BCUT2D eigenvalue weighted by atomic mass is 10.1. The van der Waals surface area contributed by atoms with Gasteiger partial charge in [0.05, 0.1) is 18.8 Å². The summed E-state index contributed by atoms with van der Waals surface area (Å²) in [5.41, 5.74) is 0.235. The predicted octanol–water partition coefficient (Wildman–Crippen LogP) is 0.261. The fraction of sp³-hybridized carbons (Fsp3) is 0.333. The second-order valence-corrected chi connectivity index (χ2v) is 3.48. The number of carbonyl (C=O) groups excluding carboxylic acids is 1. The maximum atomic E-state index is 11.8. The van der Waals surface area contributed by atoms with E-state index in [1.54, 1.807) is 25.1 Å². The molecule has 18 heavy (non-hydrogen) atoms. The van der Waals surface area contributed by atoms with Crippen molar-refractivity contribution in [1.29, 1.82) is 0 Å². The molecule has 1 aromatic rings. The Bertz CT molecular complexity index is 432. The molecule has 0 saturated heterocycles. The van der Waals surface area contributed by atoms with Crippen LogP contribution in [0.2, 0.25) is 0 Å². The van der Waals surface area contributed by atoms with Gasteiger partial charge in [-0.05, 0) is 19.1 Å². The molecule has 1 rings (SSSR count). The summed E-state index contributed by atoms with van der Waals surface area (Å²) < 4.78 is 5.26. The van der Waals surface area contributed by atoms with Crippen LogP contribution in [-0.4, -0.2) is 41.3 Å². The van der Waals surface area contributed by atoms with Gasteiger partial charge in [0, 0.05) is 0 Å². The normalized spacial score (nSPS) is 11.7. The van der Waals surface area contributed by atoms with Crippen LogP contribution in [0.5, 0.6) is 5.75 Å². The van der Waals surface area contributed by atoms with E-state index in [-0.39, 0.29) is 5.56 Å². The van der Waals surface area contributed by atoms with Crippen molar-refractivity contribution in [2.45, 2.75) is 13.0 Å². The summed E-state index contributed by atoms with van der Waals surface area (Å²) in [7, 11) is 0. The Morgan fingerprint density at radius 2 is 2.06 bits per heavy atom. The van der Waals surface area contributed by atoms with Crippen LogP contribution in [0.3, 0.4) is 0 Å². The summed E-state index contributed by atoms with van der Waals surface area (Å²) in [6.07, 6.45) is 0. The first-order chi connectivity index (χ1) is 8.60. The molecule has 0 aliphatic carbocycles. The maximum absolute atomic E-state index is 11.8. The van der Waals surface area contributed by atoms with Crippen molar-refractivity contribution in [3.05, 3.63) is 29.8 Å². The van der Waals surface area contributed by atoms with Gasteiger partial charge in [-0.1, -0.05) is 12.1 Å². The lowest BCUT2D eigenvalue weighted by molar-refractivity contribution is -0.140. The largest absolute Gasteiger partial charge is 0.493 e. The van der Waals surface area contributed by atoms with E-state index in [2.05, 4.69) is 5.32 Å². The zero-order chi connectivity index (χ0) is 13.5. The van der Waals surface area contributed by atoms with Gasteiger partial charge in [0.1, 0.15) is 5.75 Å². The monoisotopic (exact) mass is 253 g/mol. The summed E-state index contributed by atoms with van der Waals surface area (Å²) in [4.78, 5) is 22.6. The molecule has 0 aromatic heterocycles.